The van der Waals surface area contributed by atoms with Gasteiger partial charge in [0.1, 0.15) is 0 Å². The summed E-state index contributed by atoms with van der Waals surface area (Å²) in [6.45, 7) is 4.54. The van der Waals surface area contributed by atoms with Crippen LogP contribution in [-0.2, 0) is 5.41 Å². The Balaban J connectivity index is 2.41. The Morgan fingerprint density at radius 3 is 2.59 bits per heavy atom. The van der Waals surface area contributed by atoms with Crippen LogP contribution in [-0.4, -0.2) is 0 Å². The molecule has 0 aliphatic heterocycles. The van der Waals surface area contributed by atoms with Crippen molar-refractivity contribution in [3.05, 3.63) is 65.8 Å². The molecule has 2 aromatic rings. The Bertz CT molecular complexity index is 628. The van der Waals surface area contributed by atoms with Crippen LogP contribution in [0, 0.1) is 0 Å². The van der Waals surface area contributed by atoms with Crippen LogP contribution in [0.15, 0.2) is 54.6 Å². The summed E-state index contributed by atoms with van der Waals surface area (Å²) in [6.07, 6.45) is 8.78. The molecule has 1 aliphatic carbocycles. The molecular formula is C17H16. The van der Waals surface area contributed by atoms with Crippen molar-refractivity contribution >= 4 is 16.8 Å². The highest BCUT2D eigenvalue weighted by Crippen LogP contribution is 2.35. The van der Waals surface area contributed by atoms with Crippen LogP contribution < -0.4 is 0 Å². The topological polar surface area (TPSA) is 0 Å². The fourth-order valence-corrected chi connectivity index (χ4v) is 2.57. The Morgan fingerprint density at radius 2 is 1.71 bits per heavy atom. The molecular weight excluding hydrogens is 204 g/mol. The summed E-state index contributed by atoms with van der Waals surface area (Å²) >= 11 is 0. The maximum Gasteiger partial charge on any atom is 0.00845 e. The SMILES string of the molecule is CC1(C)C=CC=Cc2c1ccc1ccccc21. The molecule has 84 valence electrons. The summed E-state index contributed by atoms with van der Waals surface area (Å²) < 4.78 is 0. The van der Waals surface area contributed by atoms with E-state index in [4.69, 9.17) is 0 Å². The molecule has 0 saturated carbocycles. The largest absolute Gasteiger partial charge is 0.0745 e. The zero-order valence-electron chi connectivity index (χ0n) is 10.3. The molecule has 0 aromatic heterocycles. The quantitative estimate of drug-likeness (QED) is 0.603. The van der Waals surface area contributed by atoms with Gasteiger partial charge in [-0.05, 0) is 21.9 Å². The summed E-state index contributed by atoms with van der Waals surface area (Å²) in [5, 5.41) is 2.66. The number of benzene rings is 2. The molecule has 0 radical (unpaired) electrons. The summed E-state index contributed by atoms with van der Waals surface area (Å²) in [7, 11) is 0. The van der Waals surface area contributed by atoms with E-state index in [1.54, 1.807) is 0 Å². The van der Waals surface area contributed by atoms with Crippen molar-refractivity contribution in [3.8, 4) is 0 Å². The number of hydrogen-bond donors (Lipinski definition) is 0. The number of fused-ring (bicyclic) bond motifs is 3. The average molecular weight is 220 g/mol. The third-order valence-corrected chi connectivity index (χ3v) is 3.55. The van der Waals surface area contributed by atoms with Gasteiger partial charge >= 0.3 is 0 Å². The highest BCUT2D eigenvalue weighted by Gasteiger charge is 2.21. The van der Waals surface area contributed by atoms with Crippen molar-refractivity contribution in [1.29, 1.82) is 0 Å². The monoisotopic (exact) mass is 220 g/mol. The standard InChI is InChI=1S/C17H16/c1-17(2)12-6-5-9-15-14-8-4-3-7-13(14)10-11-16(15)17/h3-12H,1-2H3. The molecule has 17 heavy (non-hydrogen) atoms. The number of rotatable bonds is 0. The van der Waals surface area contributed by atoms with E-state index in [1.165, 1.54) is 21.9 Å². The van der Waals surface area contributed by atoms with Crippen LogP contribution in [0.1, 0.15) is 25.0 Å². The average Bonchev–Trinajstić information content (AvgIpc) is 2.48. The van der Waals surface area contributed by atoms with Crippen molar-refractivity contribution in [2.75, 3.05) is 0 Å². The van der Waals surface area contributed by atoms with Gasteiger partial charge in [0.25, 0.3) is 0 Å². The highest BCUT2D eigenvalue weighted by molar-refractivity contribution is 5.92. The van der Waals surface area contributed by atoms with E-state index >= 15 is 0 Å². The molecule has 0 unspecified atom stereocenters. The van der Waals surface area contributed by atoms with Crippen LogP contribution >= 0.6 is 0 Å². The lowest BCUT2D eigenvalue weighted by Crippen LogP contribution is -2.14. The number of hydrogen-bond acceptors (Lipinski definition) is 0. The van der Waals surface area contributed by atoms with E-state index in [0.29, 0.717) is 0 Å². The maximum absolute atomic E-state index is 2.27. The lowest BCUT2D eigenvalue weighted by Gasteiger charge is -2.23. The first-order chi connectivity index (χ1) is 8.18. The van der Waals surface area contributed by atoms with E-state index in [9.17, 15) is 0 Å². The highest BCUT2D eigenvalue weighted by atomic mass is 14.2. The molecule has 0 bridgehead atoms. The second kappa shape index (κ2) is 3.59. The van der Waals surface area contributed by atoms with Crippen LogP contribution in [0.25, 0.3) is 16.8 Å². The first-order valence-corrected chi connectivity index (χ1v) is 6.07. The second-order valence-corrected chi connectivity index (χ2v) is 5.19. The Hall–Kier alpha value is -1.82. The van der Waals surface area contributed by atoms with Gasteiger partial charge in [0.2, 0.25) is 0 Å². The minimum atomic E-state index is 0.100. The van der Waals surface area contributed by atoms with Gasteiger partial charge in [-0.2, -0.15) is 0 Å². The van der Waals surface area contributed by atoms with Crippen LogP contribution in [0.2, 0.25) is 0 Å². The van der Waals surface area contributed by atoms with Gasteiger partial charge in [-0.3, -0.25) is 0 Å². The Kier molecular flexibility index (Phi) is 2.19. The predicted octanol–water partition coefficient (Wildman–Crippen LogP) is 4.70. The molecule has 1 aliphatic rings. The van der Waals surface area contributed by atoms with Crippen molar-refractivity contribution in [2.24, 2.45) is 0 Å². The van der Waals surface area contributed by atoms with Crippen LogP contribution in [0.5, 0.6) is 0 Å². The maximum atomic E-state index is 2.27. The molecule has 0 saturated heterocycles. The smallest absolute Gasteiger partial charge is 0.00845 e. The Morgan fingerprint density at radius 1 is 0.882 bits per heavy atom. The van der Waals surface area contributed by atoms with Gasteiger partial charge in [0.15, 0.2) is 0 Å². The van der Waals surface area contributed by atoms with Gasteiger partial charge in [0.05, 0.1) is 0 Å². The lowest BCUT2D eigenvalue weighted by atomic mass is 9.81. The minimum absolute atomic E-state index is 0.100. The first-order valence-electron chi connectivity index (χ1n) is 6.07. The van der Waals surface area contributed by atoms with E-state index in [2.05, 4.69) is 74.5 Å². The third-order valence-electron chi connectivity index (χ3n) is 3.55. The van der Waals surface area contributed by atoms with Crippen molar-refractivity contribution in [3.63, 3.8) is 0 Å². The Labute approximate surface area is 102 Å². The molecule has 2 aromatic carbocycles. The molecule has 0 nitrogen and oxygen atoms in total. The van der Waals surface area contributed by atoms with Gasteiger partial charge in [-0.25, -0.2) is 0 Å². The van der Waals surface area contributed by atoms with Crippen LogP contribution in [0.3, 0.4) is 0 Å². The van der Waals surface area contributed by atoms with Crippen molar-refractivity contribution < 1.29 is 0 Å². The van der Waals surface area contributed by atoms with E-state index < -0.39 is 0 Å². The summed E-state index contributed by atoms with van der Waals surface area (Å²) in [4.78, 5) is 0. The third kappa shape index (κ3) is 1.61. The molecule has 0 N–H and O–H groups in total. The van der Waals surface area contributed by atoms with Crippen molar-refractivity contribution in [1.82, 2.24) is 0 Å². The minimum Gasteiger partial charge on any atom is -0.0745 e. The van der Waals surface area contributed by atoms with Gasteiger partial charge in [-0.1, -0.05) is 74.5 Å². The molecule has 0 spiro atoms. The molecule has 0 amide bonds. The van der Waals surface area contributed by atoms with Gasteiger partial charge in [-0.15, -0.1) is 0 Å². The van der Waals surface area contributed by atoms with Crippen molar-refractivity contribution in [2.45, 2.75) is 19.3 Å². The van der Waals surface area contributed by atoms with E-state index in [0.717, 1.165) is 0 Å². The molecule has 3 rings (SSSR count). The summed E-state index contributed by atoms with van der Waals surface area (Å²) in [5.74, 6) is 0. The summed E-state index contributed by atoms with van der Waals surface area (Å²) in [5.41, 5.74) is 2.86. The summed E-state index contributed by atoms with van der Waals surface area (Å²) in [6, 6.07) is 13.1. The predicted molar refractivity (Wildman–Crippen MR) is 75.1 cm³/mol. The lowest BCUT2D eigenvalue weighted by molar-refractivity contribution is 0.671. The van der Waals surface area contributed by atoms with Gasteiger partial charge in [0, 0.05) is 5.41 Å². The zero-order valence-corrected chi connectivity index (χ0v) is 10.3. The normalized spacial score (nSPS) is 16.8. The fraction of sp³-hybridized carbons (Fsp3) is 0.176. The second-order valence-electron chi connectivity index (χ2n) is 5.19. The molecule has 0 heterocycles. The molecule has 0 atom stereocenters. The zero-order chi connectivity index (χ0) is 11.9. The van der Waals surface area contributed by atoms with E-state index in [1.807, 2.05) is 0 Å². The molecule has 0 heteroatoms. The number of allylic oxidation sites excluding steroid dienone is 3. The molecule has 0 fully saturated rings. The van der Waals surface area contributed by atoms with E-state index in [-0.39, 0.29) is 5.41 Å². The fourth-order valence-electron chi connectivity index (χ4n) is 2.57. The first kappa shape index (κ1) is 10.3. The van der Waals surface area contributed by atoms with Crippen LogP contribution in [0.4, 0.5) is 0 Å². The van der Waals surface area contributed by atoms with Gasteiger partial charge < -0.3 is 0 Å².